The van der Waals surface area contributed by atoms with Gasteiger partial charge in [-0.15, -0.1) is 0 Å². The SMILES string of the molecule is N#Cc1cccc(C2=CCc3ccccc3O2)c1. The second kappa shape index (κ2) is 4.38. The van der Waals surface area contributed by atoms with Gasteiger partial charge in [0, 0.05) is 5.56 Å². The summed E-state index contributed by atoms with van der Waals surface area (Å²) in [6.45, 7) is 0. The molecule has 0 atom stereocenters. The molecular formula is C16H11NO. The Morgan fingerprint density at radius 2 is 1.94 bits per heavy atom. The summed E-state index contributed by atoms with van der Waals surface area (Å²) in [5.74, 6) is 1.73. The summed E-state index contributed by atoms with van der Waals surface area (Å²) < 4.78 is 5.87. The van der Waals surface area contributed by atoms with Crippen LogP contribution in [0.2, 0.25) is 0 Å². The average molecular weight is 233 g/mol. The number of nitrogens with zero attached hydrogens (tertiary/aromatic N) is 1. The van der Waals surface area contributed by atoms with Gasteiger partial charge >= 0.3 is 0 Å². The first-order valence-electron chi connectivity index (χ1n) is 5.83. The van der Waals surface area contributed by atoms with Gasteiger partial charge in [0.2, 0.25) is 0 Å². The molecule has 3 rings (SSSR count). The Morgan fingerprint density at radius 3 is 2.83 bits per heavy atom. The van der Waals surface area contributed by atoms with Crippen molar-refractivity contribution in [3.8, 4) is 11.8 Å². The first-order chi connectivity index (χ1) is 8.86. The molecule has 2 heteroatoms. The van der Waals surface area contributed by atoms with Crippen LogP contribution in [0.3, 0.4) is 0 Å². The van der Waals surface area contributed by atoms with Crippen LogP contribution in [0.5, 0.6) is 5.75 Å². The Balaban J connectivity index is 1.96. The van der Waals surface area contributed by atoms with E-state index in [0.717, 1.165) is 23.5 Å². The van der Waals surface area contributed by atoms with Crippen LogP contribution in [-0.4, -0.2) is 0 Å². The van der Waals surface area contributed by atoms with Gasteiger partial charge in [0.15, 0.2) is 0 Å². The number of ether oxygens (including phenoxy) is 1. The lowest BCUT2D eigenvalue weighted by molar-refractivity contribution is 0.498. The Morgan fingerprint density at radius 1 is 1.06 bits per heavy atom. The summed E-state index contributed by atoms with van der Waals surface area (Å²) in [5, 5.41) is 8.91. The van der Waals surface area contributed by atoms with Crippen LogP contribution in [0.1, 0.15) is 16.7 Å². The van der Waals surface area contributed by atoms with E-state index in [1.54, 1.807) is 6.07 Å². The van der Waals surface area contributed by atoms with Gasteiger partial charge < -0.3 is 4.74 Å². The van der Waals surface area contributed by atoms with Crippen molar-refractivity contribution in [2.45, 2.75) is 6.42 Å². The number of hydrogen-bond acceptors (Lipinski definition) is 2. The molecule has 1 aliphatic rings. The van der Waals surface area contributed by atoms with E-state index in [9.17, 15) is 0 Å². The van der Waals surface area contributed by atoms with Crippen molar-refractivity contribution in [2.24, 2.45) is 0 Å². The van der Waals surface area contributed by atoms with Crippen LogP contribution in [0.15, 0.2) is 54.6 Å². The topological polar surface area (TPSA) is 33.0 Å². The zero-order chi connectivity index (χ0) is 12.4. The molecule has 0 aliphatic carbocycles. The minimum Gasteiger partial charge on any atom is -0.457 e. The normalized spacial score (nSPS) is 12.9. The summed E-state index contributed by atoms with van der Waals surface area (Å²) in [4.78, 5) is 0. The van der Waals surface area contributed by atoms with Crippen LogP contribution in [-0.2, 0) is 6.42 Å². The molecule has 0 saturated carbocycles. The third-order valence-electron chi connectivity index (χ3n) is 2.98. The number of hydrogen-bond donors (Lipinski definition) is 0. The van der Waals surface area contributed by atoms with Gasteiger partial charge in [-0.05, 0) is 36.3 Å². The third-order valence-corrected chi connectivity index (χ3v) is 2.98. The molecule has 0 bridgehead atoms. The largest absolute Gasteiger partial charge is 0.457 e. The maximum absolute atomic E-state index is 8.91. The molecule has 0 amide bonds. The molecular weight excluding hydrogens is 222 g/mol. The van der Waals surface area contributed by atoms with E-state index in [0.29, 0.717) is 5.56 Å². The van der Waals surface area contributed by atoms with Crippen molar-refractivity contribution in [3.05, 3.63) is 71.3 Å². The smallest absolute Gasteiger partial charge is 0.131 e. The van der Waals surface area contributed by atoms with Gasteiger partial charge in [-0.3, -0.25) is 0 Å². The lowest BCUT2D eigenvalue weighted by atomic mass is 10.0. The quantitative estimate of drug-likeness (QED) is 0.754. The second-order valence-electron chi connectivity index (χ2n) is 4.17. The first kappa shape index (κ1) is 10.6. The highest BCUT2D eigenvalue weighted by atomic mass is 16.5. The van der Waals surface area contributed by atoms with Crippen molar-refractivity contribution >= 4 is 5.76 Å². The Hall–Kier alpha value is -2.53. The standard InChI is InChI=1S/C16H11NO/c17-11-12-4-3-6-14(10-12)16-9-8-13-5-1-2-7-15(13)18-16/h1-7,9-10H,8H2. The van der Waals surface area contributed by atoms with E-state index in [2.05, 4.69) is 18.2 Å². The van der Waals surface area contributed by atoms with Gasteiger partial charge in [-0.25, -0.2) is 0 Å². The highest BCUT2D eigenvalue weighted by Crippen LogP contribution is 2.30. The Bertz CT molecular complexity index is 665. The van der Waals surface area contributed by atoms with Crippen molar-refractivity contribution in [3.63, 3.8) is 0 Å². The van der Waals surface area contributed by atoms with Crippen LogP contribution in [0, 0.1) is 11.3 Å². The molecule has 0 fully saturated rings. The highest BCUT2D eigenvalue weighted by Gasteiger charge is 2.13. The van der Waals surface area contributed by atoms with Crippen molar-refractivity contribution in [1.29, 1.82) is 5.26 Å². The maximum atomic E-state index is 8.91. The molecule has 0 aromatic heterocycles. The molecule has 0 saturated heterocycles. The third kappa shape index (κ3) is 1.87. The molecule has 0 unspecified atom stereocenters. The van der Waals surface area contributed by atoms with Crippen LogP contribution < -0.4 is 4.74 Å². The monoisotopic (exact) mass is 233 g/mol. The summed E-state index contributed by atoms with van der Waals surface area (Å²) >= 11 is 0. The van der Waals surface area contributed by atoms with Gasteiger partial charge in [-0.2, -0.15) is 5.26 Å². The number of rotatable bonds is 1. The van der Waals surface area contributed by atoms with Crippen LogP contribution in [0.25, 0.3) is 5.76 Å². The Kier molecular flexibility index (Phi) is 2.59. The zero-order valence-electron chi connectivity index (χ0n) is 9.76. The second-order valence-corrected chi connectivity index (χ2v) is 4.17. The number of fused-ring (bicyclic) bond motifs is 1. The van der Waals surface area contributed by atoms with Crippen LogP contribution in [0.4, 0.5) is 0 Å². The van der Waals surface area contributed by atoms with E-state index in [-0.39, 0.29) is 0 Å². The lowest BCUT2D eigenvalue weighted by Crippen LogP contribution is -2.03. The van der Waals surface area contributed by atoms with Gasteiger partial charge in [0.05, 0.1) is 11.6 Å². The molecule has 0 spiro atoms. The predicted molar refractivity (Wildman–Crippen MR) is 69.9 cm³/mol. The van der Waals surface area contributed by atoms with E-state index >= 15 is 0 Å². The molecule has 0 N–H and O–H groups in total. The fourth-order valence-corrected chi connectivity index (χ4v) is 2.05. The number of nitriles is 1. The maximum Gasteiger partial charge on any atom is 0.131 e. The number of benzene rings is 2. The van der Waals surface area contributed by atoms with Crippen molar-refractivity contribution in [2.75, 3.05) is 0 Å². The molecule has 18 heavy (non-hydrogen) atoms. The molecule has 1 aliphatic heterocycles. The molecule has 1 heterocycles. The molecule has 2 nitrogen and oxygen atoms in total. The minimum absolute atomic E-state index is 0.649. The number of allylic oxidation sites excluding steroid dienone is 1. The molecule has 2 aromatic carbocycles. The van der Waals surface area contributed by atoms with E-state index in [4.69, 9.17) is 10.00 Å². The predicted octanol–water partition coefficient (Wildman–Crippen LogP) is 3.53. The van der Waals surface area contributed by atoms with Crippen molar-refractivity contribution in [1.82, 2.24) is 0 Å². The molecule has 0 radical (unpaired) electrons. The fraction of sp³-hybridized carbons (Fsp3) is 0.0625. The van der Waals surface area contributed by atoms with Crippen LogP contribution >= 0.6 is 0 Å². The zero-order valence-corrected chi connectivity index (χ0v) is 9.76. The first-order valence-corrected chi connectivity index (χ1v) is 5.83. The van der Waals surface area contributed by atoms with Gasteiger partial charge in [0.25, 0.3) is 0 Å². The lowest BCUT2D eigenvalue weighted by Gasteiger charge is -2.18. The average Bonchev–Trinajstić information content (AvgIpc) is 2.47. The summed E-state index contributed by atoms with van der Waals surface area (Å²) in [7, 11) is 0. The summed E-state index contributed by atoms with van der Waals surface area (Å²) in [6.07, 6.45) is 2.92. The van der Waals surface area contributed by atoms with Crippen molar-refractivity contribution < 1.29 is 4.74 Å². The highest BCUT2D eigenvalue weighted by molar-refractivity contribution is 5.66. The van der Waals surface area contributed by atoms with E-state index in [1.165, 1.54) is 5.56 Å². The summed E-state index contributed by atoms with van der Waals surface area (Å²) in [6, 6.07) is 17.6. The fourth-order valence-electron chi connectivity index (χ4n) is 2.05. The number of para-hydroxylation sites is 1. The van der Waals surface area contributed by atoms with E-state index in [1.807, 2.05) is 36.4 Å². The Labute approximate surface area is 106 Å². The van der Waals surface area contributed by atoms with Gasteiger partial charge in [-0.1, -0.05) is 30.3 Å². The summed E-state index contributed by atoms with van der Waals surface area (Å²) in [5.41, 5.74) is 2.79. The minimum atomic E-state index is 0.649. The molecule has 86 valence electrons. The van der Waals surface area contributed by atoms with E-state index < -0.39 is 0 Å². The van der Waals surface area contributed by atoms with Gasteiger partial charge in [0.1, 0.15) is 11.5 Å². The molecule has 2 aromatic rings.